The molecular weight excluding hydrogens is 366 g/mol. The number of imidazole rings is 2. The second kappa shape index (κ2) is 6.82. The first-order chi connectivity index (χ1) is 13.8. The van der Waals surface area contributed by atoms with E-state index in [9.17, 15) is 14.9 Å². The molecule has 7 nitrogen and oxygen atoms in total. The highest BCUT2D eigenvalue weighted by Crippen LogP contribution is 2.24. The van der Waals surface area contributed by atoms with E-state index in [0.717, 1.165) is 16.6 Å². The standard InChI is InChI=1S/C22H23N5O2/c1-13(2)26-18-9-8-15(11-19(18)25(4)22(26)29)10-14(3)27-20-16(12-23)6-5-7-17(20)24-21(27)28/h5-9,11,13-14H,10H2,1-4H3,(H,24,28). The molecule has 0 aliphatic heterocycles. The van der Waals surface area contributed by atoms with Gasteiger partial charge in [0.05, 0.1) is 27.6 Å². The molecular formula is C22H23N5O2. The van der Waals surface area contributed by atoms with Gasteiger partial charge in [0.2, 0.25) is 0 Å². The molecule has 0 saturated carbocycles. The highest BCUT2D eigenvalue weighted by molar-refractivity contribution is 5.82. The Labute approximate surface area is 167 Å². The number of rotatable bonds is 4. The monoisotopic (exact) mass is 389 g/mol. The summed E-state index contributed by atoms with van der Waals surface area (Å²) in [5.41, 5.74) is 4.30. The van der Waals surface area contributed by atoms with Crippen molar-refractivity contribution >= 4 is 22.1 Å². The SMILES string of the molecule is CC(C)n1c(=O)n(C)c2cc(CC(C)n3c(=O)[nH]c4cccc(C#N)c43)ccc21. The Morgan fingerprint density at radius 1 is 1.07 bits per heavy atom. The van der Waals surface area contributed by atoms with Gasteiger partial charge in [-0.2, -0.15) is 5.26 Å². The largest absolute Gasteiger partial charge is 0.329 e. The van der Waals surface area contributed by atoms with E-state index in [2.05, 4.69) is 11.1 Å². The van der Waals surface area contributed by atoms with Crippen molar-refractivity contribution in [1.82, 2.24) is 18.7 Å². The van der Waals surface area contributed by atoms with Crippen molar-refractivity contribution in [3.8, 4) is 6.07 Å². The van der Waals surface area contributed by atoms with Gasteiger partial charge in [-0.25, -0.2) is 9.59 Å². The number of benzene rings is 2. The van der Waals surface area contributed by atoms with Crippen LogP contribution in [0.2, 0.25) is 0 Å². The number of nitrogens with one attached hydrogen (secondary N) is 1. The predicted octanol–water partition coefficient (Wildman–Crippen LogP) is 3.24. The summed E-state index contributed by atoms with van der Waals surface area (Å²) in [6, 6.07) is 13.4. The zero-order chi connectivity index (χ0) is 20.9. The molecule has 2 aromatic carbocycles. The van der Waals surface area contributed by atoms with E-state index < -0.39 is 0 Å². The van der Waals surface area contributed by atoms with Crippen LogP contribution in [0.3, 0.4) is 0 Å². The van der Waals surface area contributed by atoms with Crippen molar-refractivity contribution < 1.29 is 0 Å². The van der Waals surface area contributed by atoms with Gasteiger partial charge >= 0.3 is 11.4 Å². The summed E-state index contributed by atoms with van der Waals surface area (Å²) in [7, 11) is 1.78. The lowest BCUT2D eigenvalue weighted by Gasteiger charge is -2.15. The Bertz CT molecular complexity index is 1390. The zero-order valence-electron chi connectivity index (χ0n) is 16.9. The highest BCUT2D eigenvalue weighted by atomic mass is 16.2. The average molecular weight is 389 g/mol. The van der Waals surface area contributed by atoms with Crippen molar-refractivity contribution in [3.05, 3.63) is 68.5 Å². The van der Waals surface area contributed by atoms with Gasteiger partial charge < -0.3 is 4.98 Å². The molecule has 0 aliphatic carbocycles. The summed E-state index contributed by atoms with van der Waals surface area (Å²) in [4.78, 5) is 28.0. The molecule has 1 atom stereocenters. The van der Waals surface area contributed by atoms with Crippen LogP contribution in [0, 0.1) is 11.3 Å². The molecule has 4 aromatic rings. The molecule has 29 heavy (non-hydrogen) atoms. The molecule has 7 heteroatoms. The third-order valence-electron chi connectivity index (χ3n) is 5.50. The number of hydrogen-bond donors (Lipinski definition) is 1. The maximum atomic E-state index is 12.6. The van der Waals surface area contributed by atoms with Crippen molar-refractivity contribution in [3.63, 3.8) is 0 Å². The van der Waals surface area contributed by atoms with Crippen molar-refractivity contribution in [2.24, 2.45) is 7.05 Å². The molecule has 0 radical (unpaired) electrons. The topological polar surface area (TPSA) is 88.5 Å². The van der Waals surface area contributed by atoms with Crippen molar-refractivity contribution in [2.45, 2.75) is 39.3 Å². The van der Waals surface area contributed by atoms with Crippen LogP contribution in [-0.4, -0.2) is 18.7 Å². The summed E-state index contributed by atoms with van der Waals surface area (Å²) in [5, 5.41) is 9.45. The van der Waals surface area contributed by atoms with Crippen molar-refractivity contribution in [2.75, 3.05) is 0 Å². The molecule has 1 N–H and O–H groups in total. The lowest BCUT2D eigenvalue weighted by atomic mass is 10.1. The number of aromatic amines is 1. The molecule has 0 saturated heterocycles. The maximum absolute atomic E-state index is 12.6. The smallest absolute Gasteiger partial charge is 0.305 e. The number of aryl methyl sites for hydroxylation is 1. The molecule has 4 rings (SSSR count). The Balaban J connectivity index is 1.79. The minimum atomic E-state index is -0.227. The van der Waals surface area contributed by atoms with Gasteiger partial charge in [0, 0.05) is 19.1 Å². The molecule has 0 fully saturated rings. The predicted molar refractivity (Wildman–Crippen MR) is 113 cm³/mol. The second-order valence-corrected chi connectivity index (χ2v) is 7.80. The second-order valence-electron chi connectivity index (χ2n) is 7.80. The molecule has 2 heterocycles. The fourth-order valence-corrected chi connectivity index (χ4v) is 4.16. The average Bonchev–Trinajstić information content (AvgIpc) is 3.15. The summed E-state index contributed by atoms with van der Waals surface area (Å²) in [6.07, 6.45) is 0.601. The van der Waals surface area contributed by atoms with Gasteiger partial charge in [0.1, 0.15) is 6.07 Å². The lowest BCUT2D eigenvalue weighted by molar-refractivity contribution is 0.543. The van der Waals surface area contributed by atoms with E-state index in [1.54, 1.807) is 38.9 Å². The number of para-hydroxylation sites is 1. The Morgan fingerprint density at radius 3 is 2.52 bits per heavy atom. The van der Waals surface area contributed by atoms with Gasteiger partial charge in [-0.05, 0) is 57.0 Å². The normalized spacial score (nSPS) is 12.7. The molecule has 0 spiro atoms. The summed E-state index contributed by atoms with van der Waals surface area (Å²) in [6.45, 7) is 5.95. The van der Waals surface area contributed by atoms with Crippen LogP contribution in [0.5, 0.6) is 0 Å². The highest BCUT2D eigenvalue weighted by Gasteiger charge is 2.18. The van der Waals surface area contributed by atoms with E-state index >= 15 is 0 Å². The summed E-state index contributed by atoms with van der Waals surface area (Å²) >= 11 is 0. The lowest BCUT2D eigenvalue weighted by Crippen LogP contribution is -2.23. The third-order valence-corrected chi connectivity index (χ3v) is 5.50. The third kappa shape index (κ3) is 2.88. The molecule has 148 valence electrons. The number of fused-ring (bicyclic) bond motifs is 2. The molecule has 0 amide bonds. The van der Waals surface area contributed by atoms with Gasteiger partial charge in [0.25, 0.3) is 0 Å². The first-order valence-electron chi connectivity index (χ1n) is 9.66. The number of nitrogens with zero attached hydrogens (tertiary/aromatic N) is 4. The van der Waals surface area contributed by atoms with Crippen LogP contribution in [0.1, 0.15) is 44.0 Å². The first-order valence-corrected chi connectivity index (χ1v) is 9.66. The van der Waals surface area contributed by atoms with Crippen LogP contribution in [0.15, 0.2) is 46.0 Å². The van der Waals surface area contributed by atoms with E-state index in [-0.39, 0.29) is 23.5 Å². The number of H-pyrrole nitrogens is 1. The van der Waals surface area contributed by atoms with Gasteiger partial charge in [0.15, 0.2) is 0 Å². The van der Waals surface area contributed by atoms with Crippen molar-refractivity contribution in [1.29, 1.82) is 5.26 Å². The fraction of sp³-hybridized carbons (Fsp3) is 0.318. The van der Waals surface area contributed by atoms with E-state index in [1.165, 1.54) is 0 Å². The fourth-order valence-electron chi connectivity index (χ4n) is 4.16. The number of hydrogen-bond acceptors (Lipinski definition) is 3. The number of aromatic nitrogens is 4. The summed E-state index contributed by atoms with van der Waals surface area (Å²) < 4.78 is 5.09. The van der Waals surface area contributed by atoms with Crippen LogP contribution in [0.4, 0.5) is 0 Å². The molecule has 0 bridgehead atoms. The minimum Gasteiger partial charge on any atom is -0.305 e. The van der Waals surface area contributed by atoms with Crippen LogP contribution < -0.4 is 11.4 Å². The minimum absolute atomic E-state index is 0.0355. The van der Waals surface area contributed by atoms with Gasteiger partial charge in [-0.1, -0.05) is 12.1 Å². The van der Waals surface area contributed by atoms with Gasteiger partial charge in [-0.15, -0.1) is 0 Å². The molecule has 0 aliphatic rings. The zero-order valence-corrected chi connectivity index (χ0v) is 16.9. The Kier molecular flexibility index (Phi) is 4.42. The van der Waals surface area contributed by atoms with Crippen LogP contribution in [-0.2, 0) is 13.5 Å². The molecule has 2 aromatic heterocycles. The van der Waals surface area contributed by atoms with E-state index in [1.807, 2.05) is 39.0 Å². The van der Waals surface area contributed by atoms with Gasteiger partial charge in [-0.3, -0.25) is 13.7 Å². The maximum Gasteiger partial charge on any atom is 0.329 e. The molecule has 1 unspecified atom stereocenters. The first kappa shape index (κ1) is 18.8. The van der Waals surface area contributed by atoms with E-state index in [4.69, 9.17) is 0 Å². The van der Waals surface area contributed by atoms with Crippen LogP contribution in [0.25, 0.3) is 22.1 Å². The Morgan fingerprint density at radius 2 is 1.83 bits per heavy atom. The quantitative estimate of drug-likeness (QED) is 0.581. The number of nitriles is 1. The summed E-state index contributed by atoms with van der Waals surface area (Å²) in [5.74, 6) is 0. The van der Waals surface area contributed by atoms with E-state index in [0.29, 0.717) is 23.0 Å². The van der Waals surface area contributed by atoms with Crippen LogP contribution >= 0.6 is 0 Å². The Hall–Kier alpha value is -3.53.